The standard InChI is InChI=1S/C8H16N2O/c1-7-6-11-3-2-10(7)8-4-9-5-8/h7-9H,2-6H2,1H3/t7-/m0/s1. The first-order chi connectivity index (χ1) is 5.38. The number of hydrogen-bond donors (Lipinski definition) is 1. The third-order valence-electron chi connectivity index (χ3n) is 2.65. The van der Waals surface area contributed by atoms with Gasteiger partial charge in [-0.3, -0.25) is 4.90 Å². The first-order valence-corrected chi connectivity index (χ1v) is 4.42. The highest BCUT2D eigenvalue weighted by Gasteiger charge is 2.29. The maximum absolute atomic E-state index is 5.37. The van der Waals surface area contributed by atoms with Crippen LogP contribution < -0.4 is 5.32 Å². The Morgan fingerprint density at radius 3 is 2.82 bits per heavy atom. The molecule has 2 saturated heterocycles. The van der Waals surface area contributed by atoms with Gasteiger partial charge in [-0.05, 0) is 6.92 Å². The number of morpholine rings is 1. The lowest BCUT2D eigenvalue weighted by Gasteiger charge is -2.43. The third-order valence-corrected chi connectivity index (χ3v) is 2.65. The summed E-state index contributed by atoms with van der Waals surface area (Å²) < 4.78 is 5.37. The normalized spacial score (nSPS) is 35.2. The van der Waals surface area contributed by atoms with Gasteiger partial charge in [0.2, 0.25) is 0 Å². The Balaban J connectivity index is 1.88. The van der Waals surface area contributed by atoms with Crippen molar-refractivity contribution in [2.45, 2.75) is 19.0 Å². The molecule has 0 saturated carbocycles. The van der Waals surface area contributed by atoms with E-state index < -0.39 is 0 Å². The molecule has 0 radical (unpaired) electrons. The van der Waals surface area contributed by atoms with Crippen LogP contribution in [0.1, 0.15) is 6.92 Å². The second-order valence-corrected chi connectivity index (χ2v) is 3.47. The quantitative estimate of drug-likeness (QED) is 0.563. The number of nitrogens with zero attached hydrogens (tertiary/aromatic N) is 1. The average Bonchev–Trinajstić information content (AvgIpc) is 1.90. The first-order valence-electron chi connectivity index (χ1n) is 4.42. The van der Waals surface area contributed by atoms with Crippen LogP contribution in [-0.2, 0) is 4.74 Å². The van der Waals surface area contributed by atoms with E-state index in [1.165, 1.54) is 13.1 Å². The molecule has 3 nitrogen and oxygen atoms in total. The molecule has 0 unspecified atom stereocenters. The lowest BCUT2D eigenvalue weighted by Crippen LogP contribution is -2.62. The fourth-order valence-electron chi connectivity index (χ4n) is 1.79. The zero-order valence-corrected chi connectivity index (χ0v) is 7.05. The molecule has 2 rings (SSSR count). The van der Waals surface area contributed by atoms with Crippen LogP contribution in [0.5, 0.6) is 0 Å². The summed E-state index contributed by atoms with van der Waals surface area (Å²) in [5, 5.41) is 3.30. The van der Waals surface area contributed by atoms with E-state index in [-0.39, 0.29) is 0 Å². The predicted octanol–water partition coefficient (Wildman–Crippen LogP) is -0.321. The number of hydrogen-bond acceptors (Lipinski definition) is 3. The highest BCUT2D eigenvalue weighted by Crippen LogP contribution is 2.13. The fraction of sp³-hybridized carbons (Fsp3) is 1.00. The van der Waals surface area contributed by atoms with Gasteiger partial charge in [0.25, 0.3) is 0 Å². The first kappa shape index (κ1) is 7.53. The molecular weight excluding hydrogens is 140 g/mol. The molecule has 3 heteroatoms. The van der Waals surface area contributed by atoms with Crippen molar-refractivity contribution >= 4 is 0 Å². The van der Waals surface area contributed by atoms with Gasteiger partial charge in [-0.1, -0.05) is 0 Å². The van der Waals surface area contributed by atoms with Crippen molar-refractivity contribution < 1.29 is 4.74 Å². The van der Waals surface area contributed by atoms with E-state index in [9.17, 15) is 0 Å². The Hall–Kier alpha value is -0.120. The lowest BCUT2D eigenvalue weighted by atomic mass is 10.1. The Morgan fingerprint density at radius 1 is 1.45 bits per heavy atom. The minimum Gasteiger partial charge on any atom is -0.379 e. The number of ether oxygens (including phenoxy) is 1. The van der Waals surface area contributed by atoms with Gasteiger partial charge in [-0.15, -0.1) is 0 Å². The van der Waals surface area contributed by atoms with Crippen molar-refractivity contribution in [2.24, 2.45) is 0 Å². The van der Waals surface area contributed by atoms with E-state index >= 15 is 0 Å². The van der Waals surface area contributed by atoms with Crippen molar-refractivity contribution in [1.29, 1.82) is 0 Å². The highest BCUT2D eigenvalue weighted by atomic mass is 16.5. The number of nitrogens with one attached hydrogen (secondary N) is 1. The molecule has 0 amide bonds. The van der Waals surface area contributed by atoms with Crippen LogP contribution in [0, 0.1) is 0 Å². The fourth-order valence-corrected chi connectivity index (χ4v) is 1.79. The van der Waals surface area contributed by atoms with E-state index in [2.05, 4.69) is 17.1 Å². The molecule has 2 aliphatic heterocycles. The molecule has 0 aromatic rings. The van der Waals surface area contributed by atoms with Gasteiger partial charge in [-0.25, -0.2) is 0 Å². The maximum Gasteiger partial charge on any atom is 0.0619 e. The Bertz CT molecular complexity index is 134. The summed E-state index contributed by atoms with van der Waals surface area (Å²) in [7, 11) is 0. The van der Waals surface area contributed by atoms with Crippen LogP contribution in [0.4, 0.5) is 0 Å². The molecule has 64 valence electrons. The summed E-state index contributed by atoms with van der Waals surface area (Å²) >= 11 is 0. The summed E-state index contributed by atoms with van der Waals surface area (Å²) in [6.07, 6.45) is 0. The van der Waals surface area contributed by atoms with E-state index in [4.69, 9.17) is 4.74 Å². The van der Waals surface area contributed by atoms with Crippen LogP contribution in [-0.4, -0.2) is 49.8 Å². The minimum absolute atomic E-state index is 0.621. The van der Waals surface area contributed by atoms with Crippen LogP contribution >= 0.6 is 0 Å². The second kappa shape index (κ2) is 3.09. The Kier molecular flexibility index (Phi) is 2.11. The largest absolute Gasteiger partial charge is 0.379 e. The second-order valence-electron chi connectivity index (χ2n) is 3.47. The summed E-state index contributed by atoms with van der Waals surface area (Å²) in [5.74, 6) is 0. The molecule has 2 fully saturated rings. The summed E-state index contributed by atoms with van der Waals surface area (Å²) in [5.41, 5.74) is 0. The molecule has 2 aliphatic rings. The van der Waals surface area contributed by atoms with Gasteiger partial charge < -0.3 is 10.1 Å². The molecule has 0 spiro atoms. The molecule has 0 bridgehead atoms. The van der Waals surface area contributed by atoms with Gasteiger partial charge in [0, 0.05) is 31.7 Å². The van der Waals surface area contributed by atoms with Crippen molar-refractivity contribution in [1.82, 2.24) is 10.2 Å². The van der Waals surface area contributed by atoms with Gasteiger partial charge in [0.05, 0.1) is 13.2 Å². The van der Waals surface area contributed by atoms with Gasteiger partial charge in [-0.2, -0.15) is 0 Å². The molecule has 1 atom stereocenters. The zero-order chi connectivity index (χ0) is 7.68. The molecular formula is C8H16N2O. The van der Waals surface area contributed by atoms with Crippen LogP contribution in [0.3, 0.4) is 0 Å². The van der Waals surface area contributed by atoms with Crippen molar-refractivity contribution in [3.05, 3.63) is 0 Å². The molecule has 0 aliphatic carbocycles. The summed E-state index contributed by atoms with van der Waals surface area (Å²) in [4.78, 5) is 2.56. The van der Waals surface area contributed by atoms with Crippen molar-refractivity contribution in [2.75, 3.05) is 32.8 Å². The monoisotopic (exact) mass is 156 g/mol. The SMILES string of the molecule is C[C@H]1COCCN1C1CNC1. The van der Waals surface area contributed by atoms with E-state index in [0.29, 0.717) is 6.04 Å². The molecule has 11 heavy (non-hydrogen) atoms. The number of rotatable bonds is 1. The lowest BCUT2D eigenvalue weighted by molar-refractivity contribution is -0.0324. The van der Waals surface area contributed by atoms with E-state index in [0.717, 1.165) is 25.8 Å². The van der Waals surface area contributed by atoms with E-state index in [1.54, 1.807) is 0 Å². The summed E-state index contributed by atoms with van der Waals surface area (Å²) in [6.45, 7) is 7.54. The Morgan fingerprint density at radius 2 is 2.27 bits per heavy atom. The van der Waals surface area contributed by atoms with Crippen LogP contribution in [0.15, 0.2) is 0 Å². The van der Waals surface area contributed by atoms with E-state index in [1.807, 2.05) is 0 Å². The predicted molar refractivity (Wildman–Crippen MR) is 43.6 cm³/mol. The van der Waals surface area contributed by atoms with Gasteiger partial charge in [0.1, 0.15) is 0 Å². The van der Waals surface area contributed by atoms with Crippen LogP contribution in [0.2, 0.25) is 0 Å². The zero-order valence-electron chi connectivity index (χ0n) is 7.05. The van der Waals surface area contributed by atoms with Gasteiger partial charge >= 0.3 is 0 Å². The maximum atomic E-state index is 5.37. The molecule has 0 aromatic heterocycles. The smallest absolute Gasteiger partial charge is 0.0619 e. The highest BCUT2D eigenvalue weighted by molar-refractivity contribution is 4.88. The van der Waals surface area contributed by atoms with Crippen LogP contribution in [0.25, 0.3) is 0 Å². The third kappa shape index (κ3) is 1.41. The minimum atomic E-state index is 0.621. The van der Waals surface area contributed by atoms with Gasteiger partial charge in [0.15, 0.2) is 0 Å². The van der Waals surface area contributed by atoms with Crippen molar-refractivity contribution in [3.63, 3.8) is 0 Å². The topological polar surface area (TPSA) is 24.5 Å². The van der Waals surface area contributed by atoms with Crippen molar-refractivity contribution in [3.8, 4) is 0 Å². The molecule has 1 N–H and O–H groups in total. The average molecular weight is 156 g/mol. The molecule has 0 aromatic carbocycles. The molecule has 2 heterocycles. The summed E-state index contributed by atoms with van der Waals surface area (Å²) in [6, 6.07) is 1.41. The Labute approximate surface area is 67.7 Å².